The van der Waals surface area contributed by atoms with Gasteiger partial charge in [0.1, 0.15) is 27.5 Å². The number of methoxy groups -OCH3 is 1. The molecule has 0 saturated carbocycles. The molecular formula is C20H22F3N5O5S. The van der Waals surface area contributed by atoms with Crippen LogP contribution in [0.3, 0.4) is 0 Å². The summed E-state index contributed by atoms with van der Waals surface area (Å²) in [5.74, 6) is -2.10. The quantitative estimate of drug-likeness (QED) is 0.409. The summed E-state index contributed by atoms with van der Waals surface area (Å²) in [4.78, 5) is 35.0. The van der Waals surface area contributed by atoms with Gasteiger partial charge in [-0.1, -0.05) is 0 Å². The molecule has 0 radical (unpaired) electrons. The molecule has 1 unspecified atom stereocenters. The molecule has 0 fully saturated rings. The molecule has 0 aliphatic heterocycles. The van der Waals surface area contributed by atoms with Crippen LogP contribution in [-0.2, 0) is 9.53 Å². The number of halogens is 3. The molecule has 3 rings (SSSR count). The Bertz CT molecular complexity index is 1160. The van der Waals surface area contributed by atoms with Gasteiger partial charge in [-0.2, -0.15) is 13.2 Å². The topological polar surface area (TPSA) is 150 Å². The van der Waals surface area contributed by atoms with Crippen molar-refractivity contribution >= 4 is 45.0 Å². The van der Waals surface area contributed by atoms with E-state index in [1.807, 2.05) is 26.0 Å². The first-order valence-corrected chi connectivity index (χ1v) is 10.5. The number of aromatic nitrogens is 3. The van der Waals surface area contributed by atoms with E-state index in [1.165, 1.54) is 24.8 Å². The number of nitrogens with one attached hydrogen (secondary N) is 1. The number of rotatable bonds is 7. The summed E-state index contributed by atoms with van der Waals surface area (Å²) in [7, 11) is 1.36. The third-order valence-electron chi connectivity index (χ3n) is 4.25. The van der Waals surface area contributed by atoms with Gasteiger partial charge >= 0.3 is 18.1 Å². The zero-order chi connectivity index (χ0) is 25.5. The Balaban J connectivity index is 0.000000509. The molecule has 3 aromatic heterocycles. The number of thiophene rings is 1. The number of carbonyl (C=O) groups excluding carboxylic acids is 1. The SMILES string of the molecule is COC(=O)c1sc2ncnc(Nc3cccnc3OC(C)CCN)c2c1C.O=C(O)C(F)(F)F. The number of anilines is 2. The summed E-state index contributed by atoms with van der Waals surface area (Å²) >= 11 is 1.28. The van der Waals surface area contributed by atoms with E-state index in [4.69, 9.17) is 25.1 Å². The average molecular weight is 501 g/mol. The van der Waals surface area contributed by atoms with Crippen LogP contribution < -0.4 is 15.8 Å². The van der Waals surface area contributed by atoms with Crippen LogP contribution in [0, 0.1) is 6.92 Å². The number of esters is 1. The van der Waals surface area contributed by atoms with E-state index < -0.39 is 12.1 Å². The second-order valence-corrected chi connectivity index (χ2v) is 7.74. The lowest BCUT2D eigenvalue weighted by Gasteiger charge is -2.16. The molecule has 0 bridgehead atoms. The number of carboxylic acid groups (broad SMARTS) is 1. The fourth-order valence-corrected chi connectivity index (χ4v) is 3.71. The van der Waals surface area contributed by atoms with E-state index in [1.54, 1.807) is 6.20 Å². The number of aryl methyl sites for hydroxylation is 1. The molecule has 0 aliphatic carbocycles. The Kier molecular flexibility index (Phi) is 9.09. The van der Waals surface area contributed by atoms with E-state index >= 15 is 0 Å². The van der Waals surface area contributed by atoms with Crippen molar-refractivity contribution in [1.82, 2.24) is 15.0 Å². The zero-order valence-electron chi connectivity index (χ0n) is 18.3. The minimum atomic E-state index is -5.08. The maximum atomic E-state index is 12.0. The number of carbonyl (C=O) groups is 2. The molecule has 0 amide bonds. The molecule has 3 heterocycles. The molecule has 0 spiro atoms. The minimum Gasteiger partial charge on any atom is -0.475 e. The van der Waals surface area contributed by atoms with Crippen molar-refractivity contribution in [2.24, 2.45) is 5.73 Å². The molecule has 34 heavy (non-hydrogen) atoms. The second kappa shape index (κ2) is 11.6. The number of ether oxygens (including phenoxy) is 2. The van der Waals surface area contributed by atoms with E-state index in [-0.39, 0.29) is 12.1 Å². The first-order valence-electron chi connectivity index (χ1n) is 9.70. The van der Waals surface area contributed by atoms with Crippen molar-refractivity contribution in [2.45, 2.75) is 32.5 Å². The summed E-state index contributed by atoms with van der Waals surface area (Å²) < 4.78 is 42.5. The van der Waals surface area contributed by atoms with Gasteiger partial charge < -0.3 is 25.6 Å². The fourth-order valence-electron chi connectivity index (χ4n) is 2.65. The van der Waals surface area contributed by atoms with Gasteiger partial charge in [0, 0.05) is 6.20 Å². The Morgan fingerprint density at radius 1 is 1.29 bits per heavy atom. The van der Waals surface area contributed by atoms with Gasteiger partial charge in [0.25, 0.3) is 0 Å². The molecule has 0 saturated heterocycles. The molecule has 0 aromatic carbocycles. The highest BCUT2D eigenvalue weighted by Gasteiger charge is 2.38. The van der Waals surface area contributed by atoms with Crippen LogP contribution in [0.2, 0.25) is 0 Å². The van der Waals surface area contributed by atoms with Gasteiger partial charge in [-0.3, -0.25) is 0 Å². The van der Waals surface area contributed by atoms with Crippen molar-refractivity contribution in [3.8, 4) is 5.88 Å². The number of hydrogen-bond acceptors (Lipinski definition) is 10. The minimum absolute atomic E-state index is 0.0651. The normalized spacial score (nSPS) is 11.9. The number of nitrogens with two attached hydrogens (primary N) is 1. The van der Waals surface area contributed by atoms with Gasteiger partial charge in [-0.05, 0) is 44.5 Å². The lowest BCUT2D eigenvalue weighted by Crippen LogP contribution is -2.21. The summed E-state index contributed by atoms with van der Waals surface area (Å²) in [6.07, 6.45) is -1.31. The molecule has 4 N–H and O–H groups in total. The lowest BCUT2D eigenvalue weighted by molar-refractivity contribution is -0.192. The monoisotopic (exact) mass is 501 g/mol. The third kappa shape index (κ3) is 6.74. The van der Waals surface area contributed by atoms with Gasteiger partial charge in [-0.15, -0.1) is 11.3 Å². The van der Waals surface area contributed by atoms with Crippen LogP contribution in [-0.4, -0.2) is 57.9 Å². The van der Waals surface area contributed by atoms with Crippen LogP contribution in [0.1, 0.15) is 28.6 Å². The van der Waals surface area contributed by atoms with Gasteiger partial charge in [0.2, 0.25) is 5.88 Å². The Morgan fingerprint density at radius 3 is 2.56 bits per heavy atom. The number of carboxylic acids is 1. The summed E-state index contributed by atoms with van der Waals surface area (Å²) in [6.45, 7) is 4.33. The average Bonchev–Trinajstić information content (AvgIpc) is 3.12. The number of nitrogens with zero attached hydrogens (tertiary/aromatic N) is 3. The standard InChI is InChI=1S/C18H21N5O3S.C2HF3O2/c1-10(6-7-19)26-16-12(5-4-8-20-16)23-15-13-11(2)14(18(24)25-3)27-17(13)22-9-21-15;3-2(4,5)1(6)7/h4-5,8-10H,6-7,19H2,1-3H3,(H,21,22,23);(H,6,7). The zero-order valence-corrected chi connectivity index (χ0v) is 19.2. The molecule has 10 nitrogen and oxygen atoms in total. The van der Waals surface area contributed by atoms with E-state index in [9.17, 15) is 18.0 Å². The summed E-state index contributed by atoms with van der Waals surface area (Å²) in [5.41, 5.74) is 7.04. The number of alkyl halides is 3. The molecule has 14 heteroatoms. The number of pyridine rings is 1. The van der Waals surface area contributed by atoms with E-state index in [0.717, 1.165) is 17.4 Å². The number of hydrogen-bond donors (Lipinski definition) is 3. The predicted octanol–water partition coefficient (Wildman–Crippen LogP) is 3.67. The van der Waals surface area contributed by atoms with Crippen molar-refractivity contribution < 1.29 is 37.3 Å². The first kappa shape index (κ1) is 26.7. The summed E-state index contributed by atoms with van der Waals surface area (Å²) in [6, 6.07) is 3.66. The molecular weight excluding hydrogens is 479 g/mol. The van der Waals surface area contributed by atoms with Gasteiger partial charge in [0.15, 0.2) is 0 Å². The highest BCUT2D eigenvalue weighted by Crippen LogP contribution is 2.36. The van der Waals surface area contributed by atoms with Crippen molar-refractivity contribution in [3.05, 3.63) is 35.1 Å². The third-order valence-corrected chi connectivity index (χ3v) is 5.43. The Labute approximate surface area is 195 Å². The largest absolute Gasteiger partial charge is 0.490 e. The van der Waals surface area contributed by atoms with Crippen molar-refractivity contribution in [3.63, 3.8) is 0 Å². The fraction of sp³-hybridized carbons (Fsp3) is 0.350. The van der Waals surface area contributed by atoms with E-state index in [0.29, 0.717) is 33.6 Å². The molecule has 1 atom stereocenters. The van der Waals surface area contributed by atoms with Crippen LogP contribution in [0.25, 0.3) is 10.2 Å². The number of fused-ring (bicyclic) bond motifs is 1. The van der Waals surface area contributed by atoms with Gasteiger partial charge in [-0.25, -0.2) is 24.5 Å². The molecule has 0 aliphatic rings. The molecule has 184 valence electrons. The van der Waals surface area contributed by atoms with E-state index in [2.05, 4.69) is 20.3 Å². The Morgan fingerprint density at radius 2 is 1.97 bits per heavy atom. The second-order valence-electron chi connectivity index (χ2n) is 6.74. The van der Waals surface area contributed by atoms with Gasteiger partial charge in [0.05, 0.1) is 18.6 Å². The lowest BCUT2D eigenvalue weighted by atomic mass is 10.2. The highest BCUT2D eigenvalue weighted by molar-refractivity contribution is 7.20. The summed E-state index contributed by atoms with van der Waals surface area (Å²) in [5, 5.41) is 11.2. The predicted molar refractivity (Wildman–Crippen MR) is 118 cm³/mol. The highest BCUT2D eigenvalue weighted by atomic mass is 32.1. The Hall–Kier alpha value is -3.52. The van der Waals surface area contributed by atoms with Crippen LogP contribution >= 0.6 is 11.3 Å². The number of aliphatic carboxylic acids is 1. The van der Waals surface area contributed by atoms with Crippen LogP contribution in [0.15, 0.2) is 24.7 Å². The van der Waals surface area contributed by atoms with Crippen molar-refractivity contribution in [2.75, 3.05) is 19.0 Å². The van der Waals surface area contributed by atoms with Crippen LogP contribution in [0.4, 0.5) is 24.7 Å². The van der Waals surface area contributed by atoms with Crippen molar-refractivity contribution in [1.29, 1.82) is 0 Å². The maximum Gasteiger partial charge on any atom is 0.490 e. The molecule has 3 aromatic rings. The van der Waals surface area contributed by atoms with Crippen LogP contribution in [0.5, 0.6) is 5.88 Å². The smallest absolute Gasteiger partial charge is 0.475 e. The maximum absolute atomic E-state index is 12.0. The first-order chi connectivity index (χ1) is 16.0.